The predicted octanol–water partition coefficient (Wildman–Crippen LogP) is -0.340. The van der Waals surface area contributed by atoms with Crippen molar-refractivity contribution in [2.45, 2.75) is 30.9 Å². The summed E-state index contributed by atoms with van der Waals surface area (Å²) >= 11 is 0. The van der Waals surface area contributed by atoms with E-state index in [0.29, 0.717) is 0 Å². The Morgan fingerprint density at radius 2 is 1.84 bits per heavy atom. The van der Waals surface area contributed by atoms with E-state index in [1.165, 1.54) is 19.1 Å². The minimum atomic E-state index is -3.93. The molecular weight excluding hydrogens is 274 g/mol. The maximum atomic E-state index is 11.8. The van der Waals surface area contributed by atoms with Crippen LogP contribution >= 0.6 is 0 Å². The number of ether oxygens (including phenoxy) is 1. The normalized spacial score (nSPS) is 14.4. The van der Waals surface area contributed by atoms with Crippen LogP contribution in [0.15, 0.2) is 29.2 Å². The van der Waals surface area contributed by atoms with Crippen molar-refractivity contribution in [2.24, 2.45) is 5.73 Å². The zero-order valence-corrected chi connectivity index (χ0v) is 11.4. The van der Waals surface area contributed by atoms with E-state index in [2.05, 4.69) is 4.74 Å². The van der Waals surface area contributed by atoms with Crippen LogP contribution in [-0.2, 0) is 19.0 Å². The first kappa shape index (κ1) is 16.0. The molecule has 0 saturated heterocycles. The molecule has 0 aromatic heterocycles. The van der Waals surface area contributed by atoms with E-state index in [-0.39, 0.29) is 4.90 Å². The average Bonchev–Trinajstić information content (AvgIpc) is 2.25. The van der Waals surface area contributed by atoms with Crippen molar-refractivity contribution in [1.29, 1.82) is 0 Å². The Hall–Kier alpha value is -1.03. The number of rotatable bonds is 6. The summed E-state index contributed by atoms with van der Waals surface area (Å²) < 4.78 is 32.9. The van der Waals surface area contributed by atoms with Crippen LogP contribution in [0.3, 0.4) is 0 Å². The number of aliphatic hydroxyl groups is 2. The molecule has 0 saturated carbocycles. The Labute approximate surface area is 111 Å². The molecule has 4 N–H and O–H groups in total. The van der Waals surface area contributed by atoms with Crippen molar-refractivity contribution in [3.8, 4) is 0 Å². The molecule has 8 heteroatoms. The van der Waals surface area contributed by atoms with Crippen LogP contribution in [0.4, 0.5) is 0 Å². The van der Waals surface area contributed by atoms with Gasteiger partial charge in [-0.25, -0.2) is 0 Å². The molecule has 108 valence electrons. The highest BCUT2D eigenvalue weighted by atomic mass is 32.2. The molecule has 1 rings (SSSR count). The molecule has 7 nitrogen and oxygen atoms in total. The molecule has 0 heterocycles. The summed E-state index contributed by atoms with van der Waals surface area (Å²) in [7, 11) is -3.93. The summed E-state index contributed by atoms with van der Waals surface area (Å²) in [5.41, 5.74) is 5.68. The van der Waals surface area contributed by atoms with Crippen LogP contribution in [-0.4, -0.2) is 37.4 Å². The minimum absolute atomic E-state index is 0.0111. The first-order chi connectivity index (χ1) is 8.60. The van der Waals surface area contributed by atoms with Crippen molar-refractivity contribution >= 4 is 10.1 Å². The third kappa shape index (κ3) is 5.64. The van der Waals surface area contributed by atoms with E-state index < -0.39 is 28.9 Å². The number of benzene rings is 1. The Morgan fingerprint density at radius 3 is 2.32 bits per heavy atom. The highest BCUT2D eigenvalue weighted by Crippen LogP contribution is 2.15. The van der Waals surface area contributed by atoms with Gasteiger partial charge in [0.05, 0.1) is 17.6 Å². The third-order valence-corrected chi connectivity index (χ3v) is 3.56. The number of hydrogen-bond acceptors (Lipinski definition) is 7. The highest BCUT2D eigenvalue weighted by Gasteiger charge is 2.23. The smallest absolute Gasteiger partial charge is 0.330 e. The van der Waals surface area contributed by atoms with Crippen molar-refractivity contribution < 1.29 is 27.6 Å². The molecule has 0 aliphatic carbocycles. The second-order valence-electron chi connectivity index (χ2n) is 4.14. The van der Waals surface area contributed by atoms with Gasteiger partial charge in [-0.1, -0.05) is 17.7 Å². The maximum Gasteiger partial charge on any atom is 0.343 e. The lowest BCUT2D eigenvalue weighted by molar-refractivity contribution is -0.337. The van der Waals surface area contributed by atoms with Crippen molar-refractivity contribution in [2.75, 3.05) is 6.61 Å². The third-order valence-electron chi connectivity index (χ3n) is 2.13. The molecule has 0 aliphatic rings. The molecule has 0 spiro atoms. The zero-order valence-electron chi connectivity index (χ0n) is 10.6. The molecule has 19 heavy (non-hydrogen) atoms. The van der Waals surface area contributed by atoms with Crippen LogP contribution in [0.5, 0.6) is 0 Å². The molecule has 0 radical (unpaired) electrons. The Bertz CT molecular complexity index is 505. The largest absolute Gasteiger partial charge is 0.343 e. The molecule has 0 fully saturated rings. The van der Waals surface area contributed by atoms with Crippen LogP contribution in [0.25, 0.3) is 0 Å². The SMILES string of the molecule is Cc1ccc(S(=O)(=O)OC(C)COC(N)(O)O)cc1. The van der Waals surface area contributed by atoms with Crippen LogP contribution in [0.1, 0.15) is 12.5 Å². The van der Waals surface area contributed by atoms with Crippen molar-refractivity contribution in [1.82, 2.24) is 0 Å². The van der Waals surface area contributed by atoms with Gasteiger partial charge in [0, 0.05) is 0 Å². The molecular formula is C11H17NO6S. The van der Waals surface area contributed by atoms with Gasteiger partial charge >= 0.3 is 6.10 Å². The molecule has 0 bridgehead atoms. The first-order valence-electron chi connectivity index (χ1n) is 5.48. The highest BCUT2D eigenvalue weighted by molar-refractivity contribution is 7.86. The van der Waals surface area contributed by atoms with Crippen LogP contribution in [0, 0.1) is 6.92 Å². The van der Waals surface area contributed by atoms with Gasteiger partial charge in [0.2, 0.25) is 0 Å². The summed E-state index contributed by atoms with van der Waals surface area (Å²) in [6, 6.07) is 6.13. The number of aryl methyl sites for hydroxylation is 1. The summed E-state index contributed by atoms with van der Waals surface area (Å²) in [5.74, 6) is 0. The topological polar surface area (TPSA) is 119 Å². The fourth-order valence-electron chi connectivity index (χ4n) is 1.24. The Morgan fingerprint density at radius 1 is 1.32 bits per heavy atom. The standard InChI is InChI=1S/C11H17NO6S/c1-8-3-5-10(6-4-8)19(15,16)18-9(2)7-17-11(12,13)14/h3-6,9,13-14H,7,12H2,1-2H3. The van der Waals surface area contributed by atoms with E-state index in [0.717, 1.165) is 5.56 Å². The number of hydrogen-bond donors (Lipinski definition) is 3. The summed E-state index contributed by atoms with van der Waals surface area (Å²) in [4.78, 5) is 0.0111. The fraction of sp³-hybridized carbons (Fsp3) is 0.455. The van der Waals surface area contributed by atoms with Gasteiger partial charge in [0.15, 0.2) is 0 Å². The predicted molar refractivity (Wildman–Crippen MR) is 66.2 cm³/mol. The van der Waals surface area contributed by atoms with Crippen molar-refractivity contribution in [3.63, 3.8) is 0 Å². The van der Waals surface area contributed by atoms with Crippen LogP contribution in [0.2, 0.25) is 0 Å². The fourth-order valence-corrected chi connectivity index (χ4v) is 2.31. The lowest BCUT2D eigenvalue weighted by Crippen LogP contribution is -2.44. The molecule has 0 aliphatic heterocycles. The summed E-state index contributed by atoms with van der Waals surface area (Å²) in [5, 5.41) is 17.4. The van der Waals surface area contributed by atoms with Gasteiger partial charge < -0.3 is 14.9 Å². The van der Waals surface area contributed by atoms with Gasteiger partial charge in [-0.2, -0.15) is 8.42 Å². The van der Waals surface area contributed by atoms with E-state index in [9.17, 15) is 8.42 Å². The zero-order chi connectivity index (χ0) is 14.7. The van der Waals surface area contributed by atoms with Gasteiger partial charge in [-0.15, -0.1) is 0 Å². The molecule has 1 aromatic rings. The van der Waals surface area contributed by atoms with Gasteiger partial charge in [0.1, 0.15) is 0 Å². The lowest BCUT2D eigenvalue weighted by Gasteiger charge is -2.19. The second-order valence-corrected chi connectivity index (χ2v) is 5.72. The van der Waals surface area contributed by atoms with E-state index >= 15 is 0 Å². The quantitative estimate of drug-likeness (QED) is 0.484. The number of nitrogens with two attached hydrogens (primary N) is 1. The Kier molecular flexibility index (Phi) is 5.02. The first-order valence-corrected chi connectivity index (χ1v) is 6.88. The van der Waals surface area contributed by atoms with Gasteiger partial charge in [-0.05, 0) is 26.0 Å². The van der Waals surface area contributed by atoms with Gasteiger partial charge in [-0.3, -0.25) is 9.92 Å². The molecule has 1 atom stereocenters. The molecule has 1 aromatic carbocycles. The van der Waals surface area contributed by atoms with Gasteiger partial charge in [0.25, 0.3) is 10.1 Å². The van der Waals surface area contributed by atoms with E-state index in [1.54, 1.807) is 12.1 Å². The minimum Gasteiger partial charge on any atom is -0.330 e. The van der Waals surface area contributed by atoms with Crippen LogP contribution < -0.4 is 5.73 Å². The summed E-state index contributed by atoms with van der Waals surface area (Å²) in [6.07, 6.45) is -3.74. The second kappa shape index (κ2) is 5.95. The molecule has 0 amide bonds. The lowest BCUT2D eigenvalue weighted by atomic mass is 10.2. The van der Waals surface area contributed by atoms with E-state index in [4.69, 9.17) is 20.1 Å². The average molecular weight is 291 g/mol. The van der Waals surface area contributed by atoms with Crippen molar-refractivity contribution in [3.05, 3.63) is 29.8 Å². The molecule has 1 unspecified atom stereocenters. The van der Waals surface area contributed by atoms with E-state index in [1.807, 2.05) is 6.92 Å². The summed E-state index contributed by atoms with van der Waals surface area (Å²) in [6.45, 7) is 2.84. The maximum absolute atomic E-state index is 11.8. The monoisotopic (exact) mass is 291 g/mol. The Balaban J connectivity index is 2.67.